The number of unbranched alkanes of at least 4 members (excludes halogenated alkanes) is 1. The predicted molar refractivity (Wildman–Crippen MR) is 113 cm³/mol. The number of pyridine rings is 1. The van der Waals surface area contributed by atoms with E-state index in [1.54, 1.807) is 36.4 Å². The van der Waals surface area contributed by atoms with Crippen molar-refractivity contribution in [3.63, 3.8) is 0 Å². The van der Waals surface area contributed by atoms with Crippen LogP contribution in [0.15, 0.2) is 42.6 Å². The number of hydrogen-bond donors (Lipinski definition) is 1. The molecule has 1 fully saturated rings. The topological polar surface area (TPSA) is 88.6 Å². The number of piperidine rings is 1. The molecule has 1 aliphatic rings. The fourth-order valence-electron chi connectivity index (χ4n) is 3.13. The van der Waals surface area contributed by atoms with Gasteiger partial charge in [0, 0.05) is 24.7 Å². The molecule has 1 aromatic heterocycles. The van der Waals surface area contributed by atoms with Crippen LogP contribution in [0.2, 0.25) is 0 Å². The molecule has 1 aliphatic heterocycles. The van der Waals surface area contributed by atoms with E-state index in [0.717, 1.165) is 32.4 Å². The van der Waals surface area contributed by atoms with Gasteiger partial charge in [-0.3, -0.25) is 9.52 Å². The Bertz CT molecular complexity index is 906. The van der Waals surface area contributed by atoms with Crippen LogP contribution in [0.5, 0.6) is 11.6 Å². The van der Waals surface area contributed by atoms with Gasteiger partial charge in [0.05, 0.1) is 17.6 Å². The number of amides is 1. The van der Waals surface area contributed by atoms with Crippen molar-refractivity contribution in [1.29, 1.82) is 0 Å². The summed E-state index contributed by atoms with van der Waals surface area (Å²) in [5.41, 5.74) is 1.04. The number of nitrogens with zero attached hydrogens (tertiary/aromatic N) is 2. The number of hydrogen-bond acceptors (Lipinski definition) is 5. The monoisotopic (exact) mass is 417 g/mol. The number of aromatic nitrogens is 1. The van der Waals surface area contributed by atoms with E-state index in [2.05, 4.69) is 9.71 Å². The second kappa shape index (κ2) is 9.73. The minimum Gasteiger partial charge on any atom is -0.439 e. The zero-order valence-electron chi connectivity index (χ0n) is 16.6. The maximum absolute atomic E-state index is 12.5. The molecule has 1 saturated heterocycles. The summed E-state index contributed by atoms with van der Waals surface area (Å²) in [7, 11) is -3.36. The summed E-state index contributed by atoms with van der Waals surface area (Å²) in [6, 6.07) is 10.2. The van der Waals surface area contributed by atoms with Gasteiger partial charge in [-0.05, 0) is 56.0 Å². The SMILES string of the molecule is CCCCS(=O)(=O)Nc1ccc(Oc2ccc(C(=O)N3CCCCC3)cc2)nc1. The minimum atomic E-state index is -3.36. The molecular formula is C21H27N3O4S. The number of carbonyl (C=O) groups is 1. The number of ether oxygens (including phenoxy) is 1. The molecule has 0 atom stereocenters. The molecule has 0 spiro atoms. The first-order chi connectivity index (χ1) is 14.0. The van der Waals surface area contributed by atoms with Gasteiger partial charge >= 0.3 is 0 Å². The minimum absolute atomic E-state index is 0.0501. The second-order valence-electron chi connectivity index (χ2n) is 7.14. The van der Waals surface area contributed by atoms with Crippen molar-refractivity contribution in [2.24, 2.45) is 0 Å². The summed E-state index contributed by atoms with van der Waals surface area (Å²) in [5, 5.41) is 0. The van der Waals surface area contributed by atoms with E-state index in [1.165, 1.54) is 12.6 Å². The maximum Gasteiger partial charge on any atom is 0.253 e. The number of nitrogens with one attached hydrogen (secondary N) is 1. The zero-order chi connectivity index (χ0) is 20.7. The van der Waals surface area contributed by atoms with Crippen LogP contribution in [-0.4, -0.2) is 43.1 Å². The van der Waals surface area contributed by atoms with Crippen molar-refractivity contribution in [3.05, 3.63) is 48.2 Å². The van der Waals surface area contributed by atoms with Crippen molar-refractivity contribution in [2.75, 3.05) is 23.6 Å². The first kappa shape index (κ1) is 21.1. The normalized spacial score (nSPS) is 14.4. The van der Waals surface area contributed by atoms with E-state index >= 15 is 0 Å². The molecule has 8 heteroatoms. The molecule has 1 amide bonds. The Balaban J connectivity index is 1.58. The summed E-state index contributed by atoms with van der Waals surface area (Å²) in [4.78, 5) is 18.5. The highest BCUT2D eigenvalue weighted by Gasteiger charge is 2.18. The van der Waals surface area contributed by atoms with Crippen molar-refractivity contribution in [2.45, 2.75) is 39.0 Å². The molecule has 0 saturated carbocycles. The predicted octanol–water partition coefficient (Wildman–Crippen LogP) is 4.04. The van der Waals surface area contributed by atoms with E-state index in [4.69, 9.17) is 4.74 Å². The fraction of sp³-hybridized carbons (Fsp3) is 0.429. The lowest BCUT2D eigenvalue weighted by molar-refractivity contribution is 0.0724. The highest BCUT2D eigenvalue weighted by atomic mass is 32.2. The van der Waals surface area contributed by atoms with Gasteiger partial charge in [0.2, 0.25) is 15.9 Å². The second-order valence-corrected chi connectivity index (χ2v) is 8.98. The molecule has 1 N–H and O–H groups in total. The molecule has 0 radical (unpaired) electrons. The molecule has 2 aromatic rings. The van der Waals surface area contributed by atoms with Crippen molar-refractivity contribution < 1.29 is 17.9 Å². The van der Waals surface area contributed by atoms with Crippen molar-refractivity contribution >= 4 is 21.6 Å². The average Bonchev–Trinajstić information content (AvgIpc) is 2.74. The van der Waals surface area contributed by atoms with Crippen LogP contribution in [0.1, 0.15) is 49.4 Å². The Morgan fingerprint density at radius 3 is 2.45 bits per heavy atom. The third-order valence-corrected chi connectivity index (χ3v) is 6.12. The van der Waals surface area contributed by atoms with Gasteiger partial charge in [0.1, 0.15) is 5.75 Å². The summed E-state index contributed by atoms with van der Waals surface area (Å²) in [6.45, 7) is 3.57. The molecular weight excluding hydrogens is 390 g/mol. The Morgan fingerprint density at radius 1 is 1.10 bits per heavy atom. The molecule has 7 nitrogen and oxygen atoms in total. The Hall–Kier alpha value is -2.61. The number of likely N-dealkylation sites (tertiary alicyclic amines) is 1. The summed E-state index contributed by atoms with van der Waals surface area (Å²) < 4.78 is 32.1. The lowest BCUT2D eigenvalue weighted by Gasteiger charge is -2.26. The van der Waals surface area contributed by atoms with E-state index in [-0.39, 0.29) is 11.7 Å². The highest BCUT2D eigenvalue weighted by Crippen LogP contribution is 2.22. The van der Waals surface area contributed by atoms with Gasteiger partial charge in [-0.2, -0.15) is 0 Å². The number of sulfonamides is 1. The van der Waals surface area contributed by atoms with Crippen LogP contribution in [-0.2, 0) is 10.0 Å². The Labute approximate surface area is 172 Å². The molecule has 29 heavy (non-hydrogen) atoms. The molecule has 3 rings (SSSR count). The largest absolute Gasteiger partial charge is 0.439 e. The molecule has 0 unspecified atom stereocenters. The summed E-state index contributed by atoms with van der Waals surface area (Å²) in [5.74, 6) is 1.04. The van der Waals surface area contributed by atoms with Gasteiger partial charge in [-0.25, -0.2) is 13.4 Å². The van der Waals surface area contributed by atoms with Gasteiger partial charge in [0.25, 0.3) is 5.91 Å². The van der Waals surface area contributed by atoms with Crippen LogP contribution >= 0.6 is 0 Å². The third-order valence-electron chi connectivity index (χ3n) is 4.74. The van der Waals surface area contributed by atoms with Crippen LogP contribution in [0, 0.1) is 0 Å². The zero-order valence-corrected chi connectivity index (χ0v) is 17.5. The summed E-state index contributed by atoms with van der Waals surface area (Å²) >= 11 is 0. The third kappa shape index (κ3) is 6.19. The number of rotatable bonds is 8. The quantitative estimate of drug-likeness (QED) is 0.700. The average molecular weight is 418 g/mol. The smallest absolute Gasteiger partial charge is 0.253 e. The number of benzene rings is 1. The number of anilines is 1. The van der Waals surface area contributed by atoms with Crippen LogP contribution in [0.3, 0.4) is 0 Å². The van der Waals surface area contributed by atoms with Crippen LogP contribution in [0.4, 0.5) is 5.69 Å². The fourth-order valence-corrected chi connectivity index (χ4v) is 4.38. The highest BCUT2D eigenvalue weighted by molar-refractivity contribution is 7.92. The molecule has 1 aromatic carbocycles. The van der Waals surface area contributed by atoms with E-state index < -0.39 is 10.0 Å². The Morgan fingerprint density at radius 2 is 1.83 bits per heavy atom. The molecule has 0 aliphatic carbocycles. The lowest BCUT2D eigenvalue weighted by Crippen LogP contribution is -2.35. The lowest BCUT2D eigenvalue weighted by atomic mass is 10.1. The van der Waals surface area contributed by atoms with Crippen LogP contribution in [0.25, 0.3) is 0 Å². The van der Waals surface area contributed by atoms with E-state index in [0.29, 0.717) is 29.3 Å². The molecule has 156 valence electrons. The van der Waals surface area contributed by atoms with Crippen LogP contribution < -0.4 is 9.46 Å². The van der Waals surface area contributed by atoms with E-state index in [1.807, 2.05) is 11.8 Å². The van der Waals surface area contributed by atoms with Crippen molar-refractivity contribution in [3.8, 4) is 11.6 Å². The van der Waals surface area contributed by atoms with Crippen molar-refractivity contribution in [1.82, 2.24) is 9.88 Å². The summed E-state index contributed by atoms with van der Waals surface area (Å²) in [6.07, 6.45) is 6.15. The first-order valence-electron chi connectivity index (χ1n) is 10.0. The number of carbonyl (C=O) groups excluding carboxylic acids is 1. The first-order valence-corrected chi connectivity index (χ1v) is 11.7. The van der Waals surface area contributed by atoms with Gasteiger partial charge < -0.3 is 9.64 Å². The Kier molecular flexibility index (Phi) is 7.09. The molecule has 0 bridgehead atoms. The van der Waals surface area contributed by atoms with Gasteiger partial charge in [-0.15, -0.1) is 0 Å². The maximum atomic E-state index is 12.5. The van der Waals surface area contributed by atoms with E-state index in [9.17, 15) is 13.2 Å². The molecule has 2 heterocycles. The van der Waals surface area contributed by atoms with Gasteiger partial charge in [0.15, 0.2) is 0 Å². The van der Waals surface area contributed by atoms with Gasteiger partial charge in [-0.1, -0.05) is 13.3 Å². The standard InChI is InChI=1S/C21H27N3O4S/c1-2-3-15-29(26,27)23-18-9-12-20(22-16-18)28-19-10-7-17(8-11-19)21(25)24-13-5-4-6-14-24/h7-12,16,23H,2-6,13-15H2,1H3.